The Hall–Kier alpha value is -1.21. The highest BCUT2D eigenvalue weighted by Crippen LogP contribution is 2.39. The van der Waals surface area contributed by atoms with Gasteiger partial charge in [0.15, 0.2) is 0 Å². The summed E-state index contributed by atoms with van der Waals surface area (Å²) >= 11 is 0. The zero-order valence-electron chi connectivity index (χ0n) is 14.4. The third-order valence-corrected chi connectivity index (χ3v) is 5.24. The van der Waals surface area contributed by atoms with Gasteiger partial charge < -0.3 is 9.31 Å². The van der Waals surface area contributed by atoms with Crippen LogP contribution in [0.1, 0.15) is 59.1 Å². The number of halogens is 1. The van der Waals surface area contributed by atoms with Gasteiger partial charge in [-0.15, -0.1) is 5.10 Å². The fourth-order valence-corrected chi connectivity index (χ4v) is 3.09. The Balaban J connectivity index is 1.66. The van der Waals surface area contributed by atoms with Gasteiger partial charge in [-0.25, -0.2) is 4.39 Å². The Morgan fingerprint density at radius 2 is 1.91 bits per heavy atom. The smallest absolute Gasteiger partial charge is 0.398 e. The van der Waals surface area contributed by atoms with Crippen molar-refractivity contribution in [2.75, 3.05) is 0 Å². The normalized spacial score (nSPS) is 24.6. The van der Waals surface area contributed by atoms with Crippen molar-refractivity contribution < 1.29 is 13.7 Å². The van der Waals surface area contributed by atoms with Crippen LogP contribution in [0.15, 0.2) is 11.9 Å². The Morgan fingerprint density at radius 1 is 1.30 bits per heavy atom. The molecule has 1 aromatic rings. The summed E-state index contributed by atoms with van der Waals surface area (Å²) in [6.07, 6.45) is 8.20. The van der Waals surface area contributed by atoms with E-state index in [0.717, 1.165) is 6.54 Å². The number of aromatic nitrogens is 3. The van der Waals surface area contributed by atoms with Crippen molar-refractivity contribution in [2.24, 2.45) is 5.92 Å². The van der Waals surface area contributed by atoms with Crippen LogP contribution in [0.3, 0.4) is 0 Å². The predicted octanol–water partition coefficient (Wildman–Crippen LogP) is 3.41. The molecule has 0 bridgehead atoms. The lowest BCUT2D eigenvalue weighted by Crippen LogP contribution is -2.41. The van der Waals surface area contributed by atoms with Crippen molar-refractivity contribution in [1.82, 2.24) is 15.0 Å². The maximum Gasteiger partial charge on any atom is 0.525 e. The van der Waals surface area contributed by atoms with Crippen LogP contribution in [-0.2, 0) is 15.9 Å². The summed E-state index contributed by atoms with van der Waals surface area (Å²) in [5.74, 6) is 0.668. The average molecular weight is 321 g/mol. The van der Waals surface area contributed by atoms with E-state index < -0.39 is 24.0 Å². The second kappa shape index (κ2) is 6.02. The van der Waals surface area contributed by atoms with Crippen LogP contribution in [0, 0.1) is 5.92 Å². The summed E-state index contributed by atoms with van der Waals surface area (Å²) in [4.78, 5) is 0. The van der Waals surface area contributed by atoms with E-state index in [9.17, 15) is 4.39 Å². The van der Waals surface area contributed by atoms with E-state index in [1.165, 1.54) is 31.8 Å². The first-order chi connectivity index (χ1) is 10.8. The summed E-state index contributed by atoms with van der Waals surface area (Å²) < 4.78 is 27.6. The third kappa shape index (κ3) is 3.50. The lowest BCUT2D eigenvalue weighted by atomic mass is 9.87. The quantitative estimate of drug-likeness (QED) is 0.798. The fraction of sp³-hybridized carbons (Fsp3) is 0.750. The van der Waals surface area contributed by atoms with Crippen LogP contribution in [0.5, 0.6) is 0 Å². The Bertz CT molecular complexity index is 578. The molecule has 5 nitrogen and oxygen atoms in total. The van der Waals surface area contributed by atoms with Gasteiger partial charge in [-0.1, -0.05) is 18.1 Å². The topological polar surface area (TPSA) is 49.2 Å². The highest BCUT2D eigenvalue weighted by atomic mass is 19.1. The molecule has 0 spiro atoms. The van der Waals surface area contributed by atoms with Gasteiger partial charge in [0.05, 0.1) is 17.4 Å². The van der Waals surface area contributed by atoms with Gasteiger partial charge in [0.2, 0.25) is 0 Å². The molecule has 0 N–H and O–H groups in total. The van der Waals surface area contributed by atoms with Crippen LogP contribution in [-0.4, -0.2) is 33.3 Å². The van der Waals surface area contributed by atoms with E-state index >= 15 is 0 Å². The molecule has 23 heavy (non-hydrogen) atoms. The van der Waals surface area contributed by atoms with Gasteiger partial charge in [0.1, 0.15) is 11.4 Å². The lowest BCUT2D eigenvalue weighted by Gasteiger charge is -2.32. The van der Waals surface area contributed by atoms with E-state index in [4.69, 9.17) is 9.31 Å². The second-order valence-corrected chi connectivity index (χ2v) is 7.63. The van der Waals surface area contributed by atoms with Gasteiger partial charge >= 0.3 is 7.12 Å². The number of nitrogens with zero attached hydrogens (tertiary/aromatic N) is 3. The highest BCUT2D eigenvalue weighted by Gasteiger charge is 2.53. The van der Waals surface area contributed by atoms with Crippen molar-refractivity contribution in [3.05, 3.63) is 17.6 Å². The lowest BCUT2D eigenvalue weighted by molar-refractivity contribution is 0.00578. The van der Waals surface area contributed by atoms with Crippen molar-refractivity contribution >= 4 is 13.2 Å². The minimum Gasteiger partial charge on any atom is -0.398 e. The Kier molecular flexibility index (Phi) is 4.36. The first-order valence-electron chi connectivity index (χ1n) is 8.40. The van der Waals surface area contributed by atoms with Crippen LogP contribution in [0.2, 0.25) is 0 Å². The molecule has 126 valence electrons. The predicted molar refractivity (Wildman–Crippen MR) is 87.1 cm³/mol. The van der Waals surface area contributed by atoms with Crippen LogP contribution >= 0.6 is 0 Å². The van der Waals surface area contributed by atoms with Gasteiger partial charge in [-0.3, -0.25) is 4.68 Å². The largest absolute Gasteiger partial charge is 0.525 e. The summed E-state index contributed by atoms with van der Waals surface area (Å²) in [6.45, 7) is 8.46. The highest BCUT2D eigenvalue weighted by molar-refractivity contribution is 6.54. The van der Waals surface area contributed by atoms with Gasteiger partial charge in [-0.2, -0.15) is 0 Å². The molecule has 2 heterocycles. The molecule has 3 rings (SSSR count). The molecular weight excluding hydrogens is 296 g/mol. The van der Waals surface area contributed by atoms with E-state index in [-0.39, 0.29) is 0 Å². The molecule has 0 radical (unpaired) electrons. The monoisotopic (exact) mass is 321 g/mol. The van der Waals surface area contributed by atoms with E-state index in [1.54, 1.807) is 10.9 Å². The standard InChI is InChI=1S/C16H25BFN3O2/c1-15(2)16(3,4)23-17(22-15)14(18)9-13-11-21(20-19-13)10-12-7-5-6-8-12/h9,11-12H,5-8,10H2,1-4H3. The van der Waals surface area contributed by atoms with Gasteiger partial charge in [0, 0.05) is 6.54 Å². The first kappa shape index (κ1) is 16.6. The Morgan fingerprint density at radius 3 is 2.52 bits per heavy atom. The Labute approximate surface area is 137 Å². The van der Waals surface area contributed by atoms with Gasteiger partial charge in [-0.05, 0) is 52.5 Å². The molecule has 7 heteroatoms. The molecule has 1 saturated carbocycles. The first-order valence-corrected chi connectivity index (χ1v) is 8.40. The number of hydrogen-bond donors (Lipinski definition) is 0. The molecular formula is C16H25BFN3O2. The zero-order chi connectivity index (χ0) is 16.7. The molecule has 1 aliphatic heterocycles. The average Bonchev–Trinajstić information content (AvgIpc) is 3.13. The summed E-state index contributed by atoms with van der Waals surface area (Å²) in [5, 5.41) is 8.12. The third-order valence-electron chi connectivity index (χ3n) is 5.24. The van der Waals surface area contributed by atoms with Crippen LogP contribution in [0.25, 0.3) is 6.08 Å². The number of hydrogen-bond acceptors (Lipinski definition) is 4. The van der Waals surface area contributed by atoms with E-state index in [1.807, 2.05) is 27.7 Å². The summed E-state index contributed by atoms with van der Waals surface area (Å²) in [5.41, 5.74) is -1.09. The maximum atomic E-state index is 14.4. The minimum atomic E-state index is -0.986. The van der Waals surface area contributed by atoms with E-state index in [2.05, 4.69) is 10.3 Å². The molecule has 2 aliphatic rings. The summed E-state index contributed by atoms with van der Waals surface area (Å²) in [6, 6.07) is 0. The molecule has 2 fully saturated rings. The van der Waals surface area contributed by atoms with Crippen molar-refractivity contribution in [3.8, 4) is 0 Å². The van der Waals surface area contributed by atoms with E-state index in [0.29, 0.717) is 11.6 Å². The molecule has 0 unspecified atom stereocenters. The molecule has 0 aromatic carbocycles. The molecule has 1 saturated heterocycles. The SMILES string of the molecule is CC1(C)OB(C(F)=Cc2cn(CC3CCCC3)nn2)OC1(C)C. The fourth-order valence-electron chi connectivity index (χ4n) is 3.09. The van der Waals surface area contributed by atoms with Crippen LogP contribution in [0.4, 0.5) is 4.39 Å². The number of rotatable bonds is 4. The van der Waals surface area contributed by atoms with Crippen molar-refractivity contribution in [1.29, 1.82) is 0 Å². The molecule has 1 aromatic heterocycles. The second-order valence-electron chi connectivity index (χ2n) is 7.63. The zero-order valence-corrected chi connectivity index (χ0v) is 14.4. The van der Waals surface area contributed by atoms with Gasteiger partial charge in [0.25, 0.3) is 0 Å². The van der Waals surface area contributed by atoms with Crippen LogP contribution < -0.4 is 0 Å². The molecule has 0 atom stereocenters. The summed E-state index contributed by atoms with van der Waals surface area (Å²) in [7, 11) is -0.986. The minimum absolute atomic E-state index is 0.475. The molecule has 1 aliphatic carbocycles. The van der Waals surface area contributed by atoms with Crippen molar-refractivity contribution in [2.45, 2.75) is 71.1 Å². The maximum absolute atomic E-state index is 14.4. The van der Waals surface area contributed by atoms with Crippen molar-refractivity contribution in [3.63, 3.8) is 0 Å². The molecule has 0 amide bonds.